The largest absolute Gasteiger partial charge is 0.467 e. The van der Waals surface area contributed by atoms with Gasteiger partial charge in [0.15, 0.2) is 11.8 Å². The van der Waals surface area contributed by atoms with Crippen molar-refractivity contribution in [3.8, 4) is 5.75 Å². The topological polar surface area (TPSA) is 108 Å². The number of halogens is 3. The number of esters is 1. The number of methoxy groups -OCH3 is 1. The number of hydrogen-bond acceptors (Lipinski definition) is 7. The molecule has 28 heavy (non-hydrogen) atoms. The van der Waals surface area contributed by atoms with E-state index in [1.165, 1.54) is 12.1 Å². The molecule has 0 aliphatic carbocycles. The van der Waals surface area contributed by atoms with E-state index in [0.717, 1.165) is 19.2 Å². The van der Waals surface area contributed by atoms with Crippen molar-refractivity contribution in [3.05, 3.63) is 29.8 Å². The van der Waals surface area contributed by atoms with Crippen LogP contribution in [0.1, 0.15) is 32.4 Å². The first-order chi connectivity index (χ1) is 12.6. The normalized spacial score (nSPS) is 13.4. The molecule has 0 saturated carbocycles. The summed E-state index contributed by atoms with van der Waals surface area (Å²) in [5.74, 6) is -3.38. The van der Waals surface area contributed by atoms with E-state index in [0.29, 0.717) is 0 Å². The predicted octanol–water partition coefficient (Wildman–Crippen LogP) is 2.70. The quantitative estimate of drug-likeness (QED) is 0.549. The minimum absolute atomic E-state index is 0.165. The molecule has 1 atom stereocenters. The third-order valence-corrected chi connectivity index (χ3v) is 4.00. The van der Waals surface area contributed by atoms with Gasteiger partial charge in [0.1, 0.15) is 11.4 Å². The number of hydrogen-bond donors (Lipinski definition) is 1. The number of rotatable bonds is 6. The number of nitrogens with one attached hydrogen (secondary N) is 1. The van der Waals surface area contributed by atoms with Crippen LogP contribution in [-0.4, -0.2) is 45.1 Å². The Morgan fingerprint density at radius 2 is 1.64 bits per heavy atom. The Labute approximate surface area is 160 Å². The molecule has 0 fully saturated rings. The lowest BCUT2D eigenvalue weighted by molar-refractivity contribution is -0.143. The summed E-state index contributed by atoms with van der Waals surface area (Å²) in [6, 6.07) is 3.17. The van der Waals surface area contributed by atoms with Gasteiger partial charge in [-0.2, -0.15) is 21.6 Å². The van der Waals surface area contributed by atoms with Gasteiger partial charge in [0.05, 0.1) is 7.11 Å². The summed E-state index contributed by atoms with van der Waals surface area (Å²) in [6.45, 7) is 4.85. The van der Waals surface area contributed by atoms with E-state index >= 15 is 0 Å². The average Bonchev–Trinajstić information content (AvgIpc) is 2.48. The van der Waals surface area contributed by atoms with Gasteiger partial charge >= 0.3 is 28.4 Å². The van der Waals surface area contributed by atoms with Crippen molar-refractivity contribution >= 4 is 22.2 Å². The molecule has 1 N–H and O–H groups in total. The summed E-state index contributed by atoms with van der Waals surface area (Å²) in [4.78, 5) is 23.8. The average molecular weight is 427 g/mol. The molecule has 0 saturated heterocycles. The Morgan fingerprint density at radius 1 is 1.11 bits per heavy atom. The molecule has 0 heterocycles. The van der Waals surface area contributed by atoms with Gasteiger partial charge in [-0.05, 0) is 38.5 Å². The number of amides is 1. The van der Waals surface area contributed by atoms with E-state index in [-0.39, 0.29) is 5.56 Å². The Balaban J connectivity index is 2.97. The Morgan fingerprint density at radius 3 is 2.07 bits per heavy atom. The molecule has 1 aromatic carbocycles. The molecule has 0 bridgehead atoms. The molecule has 8 nitrogen and oxygen atoms in total. The van der Waals surface area contributed by atoms with Crippen LogP contribution < -0.4 is 9.50 Å². The highest BCUT2D eigenvalue weighted by Gasteiger charge is 2.36. The van der Waals surface area contributed by atoms with Gasteiger partial charge in [-0.3, -0.25) is 0 Å². The molecule has 0 aliphatic heterocycles. The molecule has 1 amide bonds. The van der Waals surface area contributed by atoms with E-state index in [9.17, 15) is 31.2 Å². The van der Waals surface area contributed by atoms with Crippen LogP contribution in [-0.2, 0) is 24.4 Å². The van der Waals surface area contributed by atoms with Crippen molar-refractivity contribution in [2.75, 3.05) is 12.9 Å². The maximum absolute atomic E-state index is 12.2. The summed E-state index contributed by atoms with van der Waals surface area (Å²) in [6.07, 6.45) is -5.86. The lowest BCUT2D eigenvalue weighted by Crippen LogP contribution is -2.38. The minimum atomic E-state index is -4.95. The van der Waals surface area contributed by atoms with Gasteiger partial charge < -0.3 is 19.0 Å². The van der Waals surface area contributed by atoms with Gasteiger partial charge in [0.25, 0.3) is 0 Å². The van der Waals surface area contributed by atoms with Crippen molar-refractivity contribution in [3.63, 3.8) is 0 Å². The van der Waals surface area contributed by atoms with Crippen molar-refractivity contribution in [1.82, 2.24) is 5.32 Å². The Kier molecular flexibility index (Phi) is 7.29. The number of alkyl carbamates (subject to hydrolysis) is 1. The molecule has 0 aliphatic rings. The molecular weight excluding hydrogens is 407 g/mol. The minimum Gasteiger partial charge on any atom is -0.467 e. The molecule has 1 rings (SSSR count). The first kappa shape index (κ1) is 23.5. The van der Waals surface area contributed by atoms with Crippen molar-refractivity contribution in [1.29, 1.82) is 0 Å². The van der Waals surface area contributed by atoms with E-state index in [2.05, 4.69) is 14.2 Å². The first-order valence-electron chi connectivity index (χ1n) is 7.78. The van der Waals surface area contributed by atoms with Crippen LogP contribution in [0.3, 0.4) is 0 Å². The van der Waals surface area contributed by atoms with Crippen LogP contribution in [0.4, 0.5) is 18.0 Å². The third-order valence-electron chi connectivity index (χ3n) is 2.88. The summed E-state index contributed by atoms with van der Waals surface area (Å²) in [5.41, 5.74) is -0.659. The molecular formula is C16H20F3NO7S. The van der Waals surface area contributed by atoms with Crippen LogP contribution in [0.5, 0.6) is 5.75 Å². The molecule has 0 radical (unpaired) electrons. The number of carbonyl (C=O) groups excluding carboxylic acids is 2. The zero-order valence-corrected chi connectivity index (χ0v) is 16.3. The van der Waals surface area contributed by atoms with Gasteiger partial charge in [-0.25, -0.2) is 9.59 Å². The Hall–Kier alpha value is -2.50. The smallest absolute Gasteiger partial charge is 0.408 e. The summed E-state index contributed by atoms with van der Waals surface area (Å²) in [5, 5.41) is 2.30. The second-order valence-corrected chi connectivity index (χ2v) is 8.14. The third kappa shape index (κ3) is 8.46. The summed E-state index contributed by atoms with van der Waals surface area (Å²) < 4.78 is 73.5. The van der Waals surface area contributed by atoms with Crippen LogP contribution >= 0.6 is 0 Å². The molecule has 0 unspecified atom stereocenters. The standard InChI is InChI=1S/C16H20F3NO7S/c1-15(2,3)26-14(22)20-12(13(21)25-4)10-5-7-11(8-6-10)27-28(23,24)9-16(17,18)19/h5-8,12H,9H2,1-4H3,(H,20,22)/t12-/m1/s1. The predicted molar refractivity (Wildman–Crippen MR) is 91.0 cm³/mol. The number of alkyl halides is 3. The maximum Gasteiger partial charge on any atom is 0.408 e. The van der Waals surface area contributed by atoms with Crippen molar-refractivity contribution < 1.29 is 44.8 Å². The van der Waals surface area contributed by atoms with E-state index in [1.807, 2.05) is 0 Å². The van der Waals surface area contributed by atoms with Crippen LogP contribution in [0.25, 0.3) is 0 Å². The number of ether oxygens (including phenoxy) is 2. The van der Waals surface area contributed by atoms with Crippen LogP contribution in [0.2, 0.25) is 0 Å². The maximum atomic E-state index is 12.2. The Bertz CT molecular complexity index is 799. The molecule has 0 aromatic heterocycles. The highest BCUT2D eigenvalue weighted by atomic mass is 32.2. The fraction of sp³-hybridized carbons (Fsp3) is 0.500. The van der Waals surface area contributed by atoms with Crippen molar-refractivity contribution in [2.45, 2.75) is 38.6 Å². The monoisotopic (exact) mass is 427 g/mol. The zero-order valence-electron chi connectivity index (χ0n) is 15.5. The zero-order chi connectivity index (χ0) is 21.8. The molecule has 12 heteroatoms. The van der Waals surface area contributed by atoms with Crippen molar-refractivity contribution in [2.24, 2.45) is 0 Å². The molecule has 158 valence electrons. The van der Waals surface area contributed by atoms with Crippen LogP contribution in [0, 0.1) is 0 Å². The first-order valence-corrected chi connectivity index (χ1v) is 9.36. The summed E-state index contributed by atoms with van der Waals surface area (Å²) in [7, 11) is -3.80. The number of benzene rings is 1. The second-order valence-electron chi connectivity index (χ2n) is 6.57. The highest BCUT2D eigenvalue weighted by molar-refractivity contribution is 7.87. The highest BCUT2D eigenvalue weighted by Crippen LogP contribution is 2.23. The fourth-order valence-corrected chi connectivity index (χ4v) is 2.78. The van der Waals surface area contributed by atoms with Gasteiger partial charge in [0.2, 0.25) is 0 Å². The van der Waals surface area contributed by atoms with E-state index < -0.39 is 51.5 Å². The van der Waals surface area contributed by atoms with Gasteiger partial charge in [-0.1, -0.05) is 12.1 Å². The number of carbonyl (C=O) groups is 2. The summed E-state index contributed by atoms with van der Waals surface area (Å²) >= 11 is 0. The van der Waals surface area contributed by atoms with Gasteiger partial charge in [-0.15, -0.1) is 0 Å². The lowest BCUT2D eigenvalue weighted by atomic mass is 10.1. The van der Waals surface area contributed by atoms with Gasteiger partial charge in [0, 0.05) is 0 Å². The molecule has 1 aromatic rings. The van der Waals surface area contributed by atoms with Crippen LogP contribution in [0.15, 0.2) is 24.3 Å². The molecule has 0 spiro atoms. The lowest BCUT2D eigenvalue weighted by Gasteiger charge is -2.22. The fourth-order valence-electron chi connectivity index (χ4n) is 1.91. The van der Waals surface area contributed by atoms with E-state index in [1.54, 1.807) is 20.8 Å². The SMILES string of the molecule is COC(=O)[C@H](NC(=O)OC(C)(C)C)c1ccc(OS(=O)(=O)CC(F)(F)F)cc1. The van der Waals surface area contributed by atoms with E-state index in [4.69, 9.17) is 4.74 Å². The second kappa shape index (κ2) is 8.67.